The van der Waals surface area contributed by atoms with E-state index in [0.717, 1.165) is 35.7 Å². The van der Waals surface area contributed by atoms with Gasteiger partial charge in [-0.3, -0.25) is 4.79 Å². The minimum atomic E-state index is -4.57. The Morgan fingerprint density at radius 1 is 0.865 bits per heavy atom. The van der Waals surface area contributed by atoms with Crippen LogP contribution in [-0.4, -0.2) is 25.0 Å². The number of urea groups is 1. The van der Waals surface area contributed by atoms with Crippen LogP contribution in [0, 0.1) is 5.82 Å². The molecule has 1 heterocycles. The molecule has 3 aromatic carbocycles. The number of carbonyl (C=O) groups excluding carboxylic acids is 2. The van der Waals surface area contributed by atoms with Crippen LogP contribution in [0.3, 0.4) is 0 Å². The molecule has 0 bridgehead atoms. The van der Waals surface area contributed by atoms with Crippen molar-refractivity contribution < 1.29 is 27.2 Å². The van der Waals surface area contributed by atoms with Gasteiger partial charge in [-0.1, -0.05) is 24.9 Å². The van der Waals surface area contributed by atoms with Crippen molar-refractivity contribution in [1.82, 2.24) is 0 Å². The Morgan fingerprint density at radius 2 is 1.54 bits per heavy atom. The van der Waals surface area contributed by atoms with Crippen molar-refractivity contribution in [2.24, 2.45) is 0 Å². The number of thiol groups is 1. The molecule has 0 aliphatic carbocycles. The third-order valence-corrected chi connectivity index (χ3v) is 6.31. The summed E-state index contributed by atoms with van der Waals surface area (Å²) in [5.41, 5.74) is 0.0631. The normalized spacial score (nSPS) is 13.7. The smallest absolute Gasteiger partial charge is 0.371 e. The van der Waals surface area contributed by atoms with E-state index < -0.39 is 29.5 Å². The largest absolute Gasteiger partial charge is 0.416 e. The number of hydrogen-bond acceptors (Lipinski definition) is 4. The van der Waals surface area contributed by atoms with Gasteiger partial charge in [-0.2, -0.15) is 13.2 Å². The van der Waals surface area contributed by atoms with E-state index in [1.54, 1.807) is 6.07 Å². The molecular formula is C26H24F4N4O2S. The van der Waals surface area contributed by atoms with Crippen molar-refractivity contribution in [2.75, 3.05) is 32.9 Å². The minimum Gasteiger partial charge on any atom is -0.371 e. The lowest BCUT2D eigenvalue weighted by Crippen LogP contribution is -2.30. The van der Waals surface area contributed by atoms with E-state index in [4.69, 9.17) is 0 Å². The monoisotopic (exact) mass is 532 g/mol. The van der Waals surface area contributed by atoms with E-state index in [-0.39, 0.29) is 11.3 Å². The van der Waals surface area contributed by atoms with Crippen molar-refractivity contribution in [1.29, 1.82) is 0 Å². The van der Waals surface area contributed by atoms with Crippen molar-refractivity contribution in [3.63, 3.8) is 0 Å². The molecule has 11 heteroatoms. The fourth-order valence-electron chi connectivity index (χ4n) is 4.01. The Hall–Kier alpha value is -3.73. The van der Waals surface area contributed by atoms with E-state index in [9.17, 15) is 27.2 Å². The van der Waals surface area contributed by atoms with Crippen LogP contribution in [0.1, 0.15) is 35.2 Å². The lowest BCUT2D eigenvalue weighted by molar-refractivity contribution is -0.137. The maximum absolute atomic E-state index is 13.8. The summed E-state index contributed by atoms with van der Waals surface area (Å²) in [5.74, 6) is -1.30. The Balaban J connectivity index is 1.46. The Morgan fingerprint density at radius 3 is 2.19 bits per heavy atom. The van der Waals surface area contributed by atoms with Crippen LogP contribution in [0.15, 0.2) is 66.7 Å². The van der Waals surface area contributed by atoms with Crippen LogP contribution < -0.4 is 19.8 Å². The summed E-state index contributed by atoms with van der Waals surface area (Å²) in [6.45, 7) is 1.29. The molecule has 0 aromatic heterocycles. The predicted octanol–water partition coefficient (Wildman–Crippen LogP) is 6.97. The Kier molecular flexibility index (Phi) is 7.91. The van der Waals surface area contributed by atoms with E-state index in [1.807, 2.05) is 4.90 Å². The molecule has 4 rings (SSSR count). The van der Waals surface area contributed by atoms with Gasteiger partial charge in [-0.25, -0.2) is 13.5 Å². The van der Waals surface area contributed by atoms with Crippen LogP contribution in [-0.2, 0) is 6.18 Å². The second-order valence-corrected chi connectivity index (χ2v) is 8.94. The molecule has 1 fully saturated rings. The molecule has 1 aliphatic heterocycles. The average Bonchev–Trinajstić information content (AvgIpc) is 2.88. The van der Waals surface area contributed by atoms with Crippen molar-refractivity contribution >= 4 is 47.5 Å². The van der Waals surface area contributed by atoms with E-state index in [1.165, 1.54) is 48.5 Å². The highest BCUT2D eigenvalue weighted by Crippen LogP contribution is 2.35. The molecular weight excluding hydrogens is 508 g/mol. The second kappa shape index (κ2) is 11.1. The average molecular weight is 533 g/mol. The molecule has 1 saturated heterocycles. The van der Waals surface area contributed by atoms with Gasteiger partial charge in [0, 0.05) is 30.2 Å². The number of carbonyl (C=O) groups is 2. The maximum Gasteiger partial charge on any atom is 0.416 e. The van der Waals surface area contributed by atoms with Crippen LogP contribution in [0.5, 0.6) is 0 Å². The molecule has 3 aromatic rings. The van der Waals surface area contributed by atoms with Crippen LogP contribution in [0.4, 0.5) is 45.1 Å². The minimum absolute atomic E-state index is 0.00628. The summed E-state index contributed by atoms with van der Waals surface area (Å²) in [6.07, 6.45) is -1.77. The zero-order chi connectivity index (χ0) is 26.6. The molecule has 6 nitrogen and oxygen atoms in total. The van der Waals surface area contributed by atoms with Crippen LogP contribution >= 0.6 is 12.8 Å². The first-order valence-corrected chi connectivity index (χ1v) is 11.9. The first kappa shape index (κ1) is 26.3. The van der Waals surface area contributed by atoms with Gasteiger partial charge < -0.3 is 15.5 Å². The first-order valence-electron chi connectivity index (χ1n) is 11.5. The van der Waals surface area contributed by atoms with Gasteiger partial charge in [0.1, 0.15) is 5.82 Å². The van der Waals surface area contributed by atoms with E-state index >= 15 is 0 Å². The van der Waals surface area contributed by atoms with Gasteiger partial charge in [0.05, 0.1) is 16.8 Å². The molecule has 0 spiro atoms. The molecule has 194 valence electrons. The Labute approximate surface area is 216 Å². The topological polar surface area (TPSA) is 64.7 Å². The van der Waals surface area contributed by atoms with Crippen molar-refractivity contribution in [3.05, 3.63) is 83.7 Å². The van der Waals surface area contributed by atoms with Gasteiger partial charge >= 0.3 is 12.2 Å². The number of nitrogens with one attached hydrogen (secondary N) is 2. The maximum atomic E-state index is 13.8. The summed E-state index contributed by atoms with van der Waals surface area (Å²) in [5, 5.41) is 5.04. The molecule has 0 saturated carbocycles. The van der Waals surface area contributed by atoms with Crippen LogP contribution in [0.2, 0.25) is 0 Å². The highest BCUT2D eigenvalue weighted by atomic mass is 32.1. The number of piperidine rings is 1. The SMILES string of the molecule is O=C(Nc1ccc(N(S)C(=O)Nc2cc(N3CCCCC3)cc(C(F)(F)F)c2)cc1)c1ccccc1F. The molecule has 2 N–H and O–H groups in total. The quantitative estimate of drug-likeness (QED) is 0.246. The summed E-state index contributed by atoms with van der Waals surface area (Å²) in [6, 6.07) is 14.2. The zero-order valence-corrected chi connectivity index (χ0v) is 20.5. The number of rotatable bonds is 5. The number of halogens is 4. The first-order chi connectivity index (χ1) is 17.6. The van der Waals surface area contributed by atoms with Crippen LogP contribution in [0.25, 0.3) is 0 Å². The summed E-state index contributed by atoms with van der Waals surface area (Å²) >= 11 is 4.18. The fourth-order valence-corrected chi connectivity index (χ4v) is 4.19. The van der Waals surface area contributed by atoms with Gasteiger partial charge in [0.15, 0.2) is 0 Å². The lowest BCUT2D eigenvalue weighted by atomic mass is 10.1. The number of nitrogens with zero attached hydrogens (tertiary/aromatic N) is 2. The number of anilines is 4. The molecule has 37 heavy (non-hydrogen) atoms. The number of alkyl halides is 3. The number of benzene rings is 3. The third kappa shape index (κ3) is 6.53. The van der Waals surface area contributed by atoms with Gasteiger partial charge in [0.25, 0.3) is 5.91 Å². The van der Waals surface area contributed by atoms with Gasteiger partial charge in [-0.15, -0.1) is 0 Å². The Bertz CT molecular complexity index is 1280. The van der Waals surface area contributed by atoms with Crippen molar-refractivity contribution in [3.8, 4) is 0 Å². The van der Waals surface area contributed by atoms with Crippen molar-refractivity contribution in [2.45, 2.75) is 25.4 Å². The van der Waals surface area contributed by atoms with E-state index in [0.29, 0.717) is 30.2 Å². The van der Waals surface area contributed by atoms with Gasteiger partial charge in [0.2, 0.25) is 0 Å². The standard InChI is InChI=1S/C26H24F4N4O2S/c27-23-7-3-2-6-22(23)24(35)31-18-8-10-20(11-9-18)34(37)25(36)32-19-14-17(26(28,29)30)15-21(16-19)33-12-4-1-5-13-33/h2-3,6-11,14-16,37H,1,4-5,12-13H2,(H,31,35)(H,32,36). The summed E-state index contributed by atoms with van der Waals surface area (Å²) in [4.78, 5) is 26.9. The molecule has 0 unspecified atom stereocenters. The molecule has 0 radical (unpaired) electrons. The third-order valence-electron chi connectivity index (χ3n) is 5.90. The second-order valence-electron chi connectivity index (χ2n) is 8.54. The van der Waals surface area contributed by atoms with E-state index in [2.05, 4.69) is 23.4 Å². The molecule has 0 atom stereocenters. The lowest BCUT2D eigenvalue weighted by Gasteiger charge is -2.30. The zero-order valence-electron chi connectivity index (χ0n) is 19.6. The summed E-state index contributed by atoms with van der Waals surface area (Å²) in [7, 11) is 0. The number of amides is 3. The summed E-state index contributed by atoms with van der Waals surface area (Å²) < 4.78 is 55.3. The highest BCUT2D eigenvalue weighted by molar-refractivity contribution is 7.82. The molecule has 3 amide bonds. The van der Waals surface area contributed by atoms with Gasteiger partial charge in [-0.05, 0) is 73.9 Å². The fraction of sp³-hybridized carbons (Fsp3) is 0.231. The highest BCUT2D eigenvalue weighted by Gasteiger charge is 2.32. The predicted molar refractivity (Wildman–Crippen MR) is 139 cm³/mol. The number of hydrogen-bond donors (Lipinski definition) is 3. The molecule has 1 aliphatic rings.